The van der Waals surface area contributed by atoms with Crippen molar-refractivity contribution in [1.82, 2.24) is 0 Å². The number of hydrogen-bond acceptors (Lipinski definition) is 5. The average Bonchev–Trinajstić information content (AvgIpc) is 3.19. The molecule has 2 aromatic carbocycles. The lowest BCUT2D eigenvalue weighted by Gasteiger charge is -2.15. The maximum atomic E-state index is 12.7. The second-order valence-electron chi connectivity index (χ2n) is 6.45. The second-order valence-corrected chi connectivity index (χ2v) is 8.00. The van der Waals surface area contributed by atoms with E-state index in [2.05, 4.69) is 0 Å². The van der Waals surface area contributed by atoms with Crippen molar-refractivity contribution >= 4 is 27.5 Å². The summed E-state index contributed by atoms with van der Waals surface area (Å²) in [6.45, 7) is 2.03. The molecule has 1 aliphatic carbocycles. The molecule has 0 spiro atoms. The normalized spacial score (nSPS) is 15.7. The molecule has 0 unspecified atom stereocenters. The largest absolute Gasteiger partial charge is 0.379 e. The Bertz CT molecular complexity index is 1040. The summed E-state index contributed by atoms with van der Waals surface area (Å²) in [6, 6.07) is 9.53. The zero-order valence-corrected chi connectivity index (χ0v) is 15.0. The van der Waals surface area contributed by atoms with E-state index in [1.54, 1.807) is 35.2 Å². The van der Waals surface area contributed by atoms with Gasteiger partial charge >= 0.3 is 10.1 Å². The lowest BCUT2D eigenvalue weighted by Crippen LogP contribution is -2.25. The lowest BCUT2D eigenvalue weighted by atomic mass is 10.1. The maximum Gasteiger partial charge on any atom is 0.339 e. The highest BCUT2D eigenvalue weighted by molar-refractivity contribution is 7.87. The van der Waals surface area contributed by atoms with Crippen LogP contribution < -0.4 is 9.08 Å². The molecule has 0 N–H and O–H groups in total. The van der Waals surface area contributed by atoms with Crippen molar-refractivity contribution in [3.05, 3.63) is 53.1 Å². The third-order valence-corrected chi connectivity index (χ3v) is 6.08. The van der Waals surface area contributed by atoms with E-state index in [0.29, 0.717) is 36.9 Å². The Kier molecular flexibility index (Phi) is 3.84. The molecule has 0 saturated carbocycles. The topological polar surface area (TPSA) is 80.8 Å². The number of carbonyl (C=O) groups is 2. The number of anilines is 1. The van der Waals surface area contributed by atoms with Crippen LogP contribution in [0.5, 0.6) is 5.75 Å². The first-order valence-electron chi connectivity index (χ1n) is 8.37. The fourth-order valence-electron chi connectivity index (χ4n) is 3.56. The summed E-state index contributed by atoms with van der Waals surface area (Å²) < 4.78 is 30.8. The number of hydrogen-bond donors (Lipinski definition) is 0. The van der Waals surface area contributed by atoms with E-state index in [1.807, 2.05) is 0 Å². The van der Waals surface area contributed by atoms with Crippen molar-refractivity contribution in [3.8, 4) is 5.75 Å². The minimum absolute atomic E-state index is 0.00435. The Hall–Kier alpha value is -2.67. The van der Waals surface area contributed by atoms with Crippen LogP contribution in [0.4, 0.5) is 5.69 Å². The van der Waals surface area contributed by atoms with Crippen LogP contribution >= 0.6 is 0 Å². The molecular formula is C19H17NO5S. The Balaban J connectivity index is 1.67. The molecule has 1 aliphatic heterocycles. The number of nitrogens with zero attached hydrogens (tertiary/aromatic N) is 1. The predicted molar refractivity (Wildman–Crippen MR) is 95.1 cm³/mol. The van der Waals surface area contributed by atoms with Gasteiger partial charge in [0.05, 0.1) is 0 Å². The molecular weight excluding hydrogens is 354 g/mol. The summed E-state index contributed by atoms with van der Waals surface area (Å²) in [5.74, 6) is 0.143. The third kappa shape index (κ3) is 2.68. The monoisotopic (exact) mass is 371 g/mol. The van der Waals surface area contributed by atoms with E-state index in [4.69, 9.17) is 4.18 Å². The lowest BCUT2D eigenvalue weighted by molar-refractivity contribution is -0.116. The van der Waals surface area contributed by atoms with Gasteiger partial charge < -0.3 is 9.08 Å². The van der Waals surface area contributed by atoms with Gasteiger partial charge in [0.15, 0.2) is 5.78 Å². The molecule has 26 heavy (non-hydrogen) atoms. The maximum absolute atomic E-state index is 12.7. The highest BCUT2D eigenvalue weighted by Crippen LogP contribution is 2.34. The van der Waals surface area contributed by atoms with Crippen LogP contribution in [0.15, 0.2) is 41.3 Å². The van der Waals surface area contributed by atoms with Crippen LogP contribution in [-0.4, -0.2) is 26.7 Å². The van der Waals surface area contributed by atoms with E-state index in [9.17, 15) is 18.0 Å². The molecule has 2 aliphatic rings. The van der Waals surface area contributed by atoms with Crippen molar-refractivity contribution in [1.29, 1.82) is 0 Å². The molecule has 0 aromatic heterocycles. The van der Waals surface area contributed by atoms with Gasteiger partial charge in [-0.15, -0.1) is 0 Å². The zero-order valence-electron chi connectivity index (χ0n) is 14.2. The number of rotatable bonds is 3. The molecule has 1 heterocycles. The summed E-state index contributed by atoms with van der Waals surface area (Å²) in [6.07, 6.45) is 1.46. The molecule has 6 nitrogen and oxygen atoms in total. The molecule has 0 atom stereocenters. The van der Waals surface area contributed by atoms with Crippen molar-refractivity contribution in [3.63, 3.8) is 0 Å². The number of fused-ring (bicyclic) bond motifs is 2. The van der Waals surface area contributed by atoms with Crippen LogP contribution in [0, 0.1) is 0 Å². The van der Waals surface area contributed by atoms with Crippen molar-refractivity contribution in [2.24, 2.45) is 0 Å². The van der Waals surface area contributed by atoms with Gasteiger partial charge in [-0.25, -0.2) is 0 Å². The first kappa shape index (κ1) is 16.8. The summed E-state index contributed by atoms with van der Waals surface area (Å²) in [4.78, 5) is 25.1. The van der Waals surface area contributed by atoms with Crippen LogP contribution in [0.25, 0.3) is 0 Å². The first-order valence-corrected chi connectivity index (χ1v) is 9.78. The Labute approximate surface area is 151 Å². The predicted octanol–water partition coefficient (Wildman–Crippen LogP) is 2.49. The Morgan fingerprint density at radius 1 is 1.12 bits per heavy atom. The van der Waals surface area contributed by atoms with Crippen LogP contribution in [-0.2, 0) is 27.8 Å². The standard InChI is InChI=1S/C19H17NO5S/c1-12(21)20-10-9-13-11-14(5-7-17(13)20)26(23,24)25-19-4-2-3-15-16(19)6-8-18(15)22/h2-5,7,11H,6,8-10H2,1H3. The van der Waals surface area contributed by atoms with Gasteiger partial charge in [0, 0.05) is 36.7 Å². The minimum atomic E-state index is -4.03. The fraction of sp³-hybridized carbons (Fsp3) is 0.263. The highest BCUT2D eigenvalue weighted by atomic mass is 32.2. The van der Waals surface area contributed by atoms with Crippen LogP contribution in [0.1, 0.15) is 34.8 Å². The van der Waals surface area contributed by atoms with Gasteiger partial charge in [-0.1, -0.05) is 12.1 Å². The number of benzene rings is 2. The van der Waals surface area contributed by atoms with Crippen molar-refractivity contribution in [2.45, 2.75) is 31.1 Å². The highest BCUT2D eigenvalue weighted by Gasteiger charge is 2.28. The number of ketones is 1. The number of carbonyl (C=O) groups excluding carboxylic acids is 2. The van der Waals surface area contributed by atoms with Crippen molar-refractivity contribution in [2.75, 3.05) is 11.4 Å². The molecule has 1 amide bonds. The summed E-state index contributed by atoms with van der Waals surface area (Å²) in [5.41, 5.74) is 2.72. The Morgan fingerprint density at radius 2 is 1.92 bits per heavy atom. The van der Waals surface area contributed by atoms with Gasteiger partial charge in [-0.3, -0.25) is 9.59 Å². The second kappa shape index (κ2) is 5.95. The quantitative estimate of drug-likeness (QED) is 0.775. The fourth-order valence-corrected chi connectivity index (χ4v) is 4.57. The molecule has 0 radical (unpaired) electrons. The van der Waals surface area contributed by atoms with Crippen LogP contribution in [0.3, 0.4) is 0 Å². The minimum Gasteiger partial charge on any atom is -0.379 e. The average molecular weight is 371 g/mol. The molecule has 134 valence electrons. The molecule has 4 rings (SSSR count). The molecule has 0 bridgehead atoms. The molecule has 0 saturated heterocycles. The zero-order chi connectivity index (χ0) is 18.5. The van der Waals surface area contributed by atoms with Gasteiger partial charge in [-0.2, -0.15) is 8.42 Å². The van der Waals surface area contributed by atoms with Gasteiger partial charge in [-0.05, 0) is 42.7 Å². The van der Waals surface area contributed by atoms with E-state index in [1.165, 1.54) is 13.0 Å². The number of amides is 1. The summed E-state index contributed by atoms with van der Waals surface area (Å²) >= 11 is 0. The number of Topliss-reactive ketones (excluding diaryl/α,β-unsaturated/α-hetero) is 1. The molecule has 2 aromatic rings. The summed E-state index contributed by atoms with van der Waals surface area (Å²) in [7, 11) is -4.03. The Morgan fingerprint density at radius 3 is 2.69 bits per heavy atom. The van der Waals surface area contributed by atoms with Gasteiger partial charge in [0.1, 0.15) is 10.6 Å². The van der Waals surface area contributed by atoms with E-state index >= 15 is 0 Å². The van der Waals surface area contributed by atoms with E-state index in [-0.39, 0.29) is 22.3 Å². The van der Waals surface area contributed by atoms with Gasteiger partial charge in [0.2, 0.25) is 5.91 Å². The molecule has 7 heteroatoms. The summed E-state index contributed by atoms with van der Waals surface area (Å²) in [5, 5.41) is 0. The van der Waals surface area contributed by atoms with Crippen molar-refractivity contribution < 1.29 is 22.2 Å². The molecule has 0 fully saturated rings. The first-order chi connectivity index (χ1) is 12.4. The third-order valence-electron chi connectivity index (χ3n) is 4.85. The smallest absolute Gasteiger partial charge is 0.339 e. The van der Waals surface area contributed by atoms with E-state index < -0.39 is 10.1 Å². The SMILES string of the molecule is CC(=O)N1CCc2cc(S(=O)(=O)Oc3cccc4c3CCC4=O)ccc21. The van der Waals surface area contributed by atoms with Crippen LogP contribution in [0.2, 0.25) is 0 Å². The van der Waals surface area contributed by atoms with E-state index in [0.717, 1.165) is 11.3 Å². The van der Waals surface area contributed by atoms with Gasteiger partial charge in [0.25, 0.3) is 0 Å².